The zero-order chi connectivity index (χ0) is 22.4. The Morgan fingerprint density at radius 1 is 1.10 bits per heavy atom. The van der Waals surface area contributed by atoms with E-state index in [0.29, 0.717) is 29.6 Å². The van der Waals surface area contributed by atoms with Gasteiger partial charge in [-0.1, -0.05) is 49.7 Å². The van der Waals surface area contributed by atoms with Gasteiger partial charge < -0.3 is 15.3 Å². The maximum atomic E-state index is 13.2. The molecule has 2 aromatic rings. The maximum Gasteiger partial charge on any atom is 0.253 e. The third-order valence-electron chi connectivity index (χ3n) is 6.04. The molecule has 3 rings (SSSR count). The van der Waals surface area contributed by atoms with Crippen molar-refractivity contribution in [3.05, 3.63) is 64.7 Å². The number of aryl methyl sites for hydroxylation is 1. The fourth-order valence-corrected chi connectivity index (χ4v) is 4.27. The van der Waals surface area contributed by atoms with E-state index in [1.165, 1.54) is 5.56 Å². The number of halogens is 1. The van der Waals surface area contributed by atoms with Crippen LogP contribution in [0.2, 0.25) is 5.02 Å². The van der Waals surface area contributed by atoms with E-state index in [2.05, 4.69) is 5.32 Å². The van der Waals surface area contributed by atoms with E-state index in [4.69, 9.17) is 11.6 Å². The van der Waals surface area contributed by atoms with Crippen LogP contribution in [-0.2, 0) is 11.2 Å². The maximum absolute atomic E-state index is 13.2. The number of amides is 2. The molecule has 5 nitrogen and oxygen atoms in total. The van der Waals surface area contributed by atoms with Crippen molar-refractivity contribution in [1.29, 1.82) is 0 Å². The van der Waals surface area contributed by atoms with E-state index >= 15 is 0 Å². The summed E-state index contributed by atoms with van der Waals surface area (Å²) in [6, 6.07) is 13.7. The third-order valence-corrected chi connectivity index (χ3v) is 6.37. The number of hydrogen-bond donors (Lipinski definition) is 2. The normalized spacial score (nSPS) is 15.7. The van der Waals surface area contributed by atoms with Crippen LogP contribution in [0.25, 0.3) is 0 Å². The second-order valence-electron chi connectivity index (χ2n) is 8.65. The topological polar surface area (TPSA) is 69.6 Å². The molecular formula is C25H31ClN2O3. The predicted octanol–water partition coefficient (Wildman–Crippen LogP) is 4.67. The molecule has 2 amide bonds. The van der Waals surface area contributed by atoms with Crippen molar-refractivity contribution in [3.8, 4) is 5.75 Å². The molecule has 0 spiro atoms. The van der Waals surface area contributed by atoms with Gasteiger partial charge in [0.1, 0.15) is 11.8 Å². The molecule has 0 saturated carbocycles. The summed E-state index contributed by atoms with van der Waals surface area (Å²) in [6.07, 6.45) is 3.98. The summed E-state index contributed by atoms with van der Waals surface area (Å²) in [5, 5.41) is 12.7. The molecule has 1 aliphatic heterocycles. The molecule has 1 fully saturated rings. The number of phenols is 1. The van der Waals surface area contributed by atoms with Crippen molar-refractivity contribution in [3.63, 3.8) is 0 Å². The Balaban J connectivity index is 1.53. The van der Waals surface area contributed by atoms with E-state index in [0.717, 1.165) is 25.7 Å². The molecule has 31 heavy (non-hydrogen) atoms. The molecule has 0 bridgehead atoms. The SMILES string of the molecule is CC(C)[C@@H](NC(=O)c1ccccc1Cl)C(=O)N1CCC(CCc2ccc(O)cc2)CC1. The lowest BCUT2D eigenvalue weighted by Gasteiger charge is -2.35. The Hall–Kier alpha value is -2.53. The van der Waals surface area contributed by atoms with Gasteiger partial charge in [0, 0.05) is 13.1 Å². The van der Waals surface area contributed by atoms with Gasteiger partial charge in [0.25, 0.3) is 5.91 Å². The monoisotopic (exact) mass is 442 g/mol. The van der Waals surface area contributed by atoms with Crippen molar-refractivity contribution in [2.45, 2.75) is 45.6 Å². The summed E-state index contributed by atoms with van der Waals surface area (Å²) in [7, 11) is 0. The van der Waals surface area contributed by atoms with E-state index in [1.54, 1.807) is 36.4 Å². The first-order valence-electron chi connectivity index (χ1n) is 11.0. The third kappa shape index (κ3) is 6.23. The molecule has 2 N–H and O–H groups in total. The summed E-state index contributed by atoms with van der Waals surface area (Å²) < 4.78 is 0. The molecular weight excluding hydrogens is 412 g/mol. The average molecular weight is 443 g/mol. The Labute approximate surface area is 189 Å². The Kier molecular flexibility index (Phi) is 7.97. The second kappa shape index (κ2) is 10.7. The number of carbonyl (C=O) groups is 2. The van der Waals surface area contributed by atoms with Crippen molar-refractivity contribution >= 4 is 23.4 Å². The zero-order valence-electron chi connectivity index (χ0n) is 18.2. The molecule has 166 valence electrons. The molecule has 1 aliphatic rings. The summed E-state index contributed by atoms with van der Waals surface area (Å²) in [6.45, 7) is 5.31. The van der Waals surface area contributed by atoms with Gasteiger partial charge in [-0.15, -0.1) is 0 Å². The lowest BCUT2D eigenvalue weighted by Crippen LogP contribution is -2.53. The molecule has 1 saturated heterocycles. The minimum absolute atomic E-state index is 0.0209. The van der Waals surface area contributed by atoms with Crippen molar-refractivity contribution in [2.75, 3.05) is 13.1 Å². The van der Waals surface area contributed by atoms with Gasteiger partial charge in [0.2, 0.25) is 5.91 Å². The summed E-state index contributed by atoms with van der Waals surface area (Å²) in [4.78, 5) is 27.7. The van der Waals surface area contributed by atoms with Gasteiger partial charge in [-0.25, -0.2) is 0 Å². The number of carbonyl (C=O) groups excluding carboxylic acids is 2. The number of piperidine rings is 1. The van der Waals surface area contributed by atoms with Crippen LogP contribution in [0.5, 0.6) is 5.75 Å². The van der Waals surface area contributed by atoms with Crippen molar-refractivity contribution < 1.29 is 14.7 Å². The van der Waals surface area contributed by atoms with Gasteiger partial charge in [0.15, 0.2) is 0 Å². The van der Waals surface area contributed by atoms with E-state index in [1.807, 2.05) is 30.9 Å². The smallest absolute Gasteiger partial charge is 0.253 e. The second-order valence-corrected chi connectivity index (χ2v) is 9.06. The highest BCUT2D eigenvalue weighted by Gasteiger charge is 2.31. The molecule has 1 atom stereocenters. The molecule has 6 heteroatoms. The first-order valence-corrected chi connectivity index (χ1v) is 11.3. The molecule has 0 aliphatic carbocycles. The average Bonchev–Trinajstić information content (AvgIpc) is 2.77. The van der Waals surface area contributed by atoms with E-state index in [9.17, 15) is 14.7 Å². The molecule has 1 heterocycles. The number of aromatic hydroxyl groups is 1. The number of rotatable bonds is 7. The molecule has 0 unspecified atom stereocenters. The van der Waals surface area contributed by atoms with Gasteiger partial charge in [-0.3, -0.25) is 9.59 Å². The van der Waals surface area contributed by atoms with Crippen LogP contribution in [0, 0.1) is 11.8 Å². The van der Waals surface area contributed by atoms with E-state index in [-0.39, 0.29) is 23.5 Å². The van der Waals surface area contributed by atoms with Crippen molar-refractivity contribution in [2.24, 2.45) is 11.8 Å². The van der Waals surface area contributed by atoms with Crippen LogP contribution in [-0.4, -0.2) is 41.0 Å². The highest BCUT2D eigenvalue weighted by Crippen LogP contribution is 2.24. The highest BCUT2D eigenvalue weighted by molar-refractivity contribution is 6.33. The Morgan fingerprint density at radius 3 is 2.35 bits per heavy atom. The van der Waals surface area contributed by atoms with Crippen LogP contribution >= 0.6 is 11.6 Å². The standard InChI is InChI=1S/C25H31ClN2O3/c1-17(2)23(27-24(30)21-5-3-4-6-22(21)26)25(31)28-15-13-19(14-16-28)8-7-18-9-11-20(29)12-10-18/h3-6,9-12,17,19,23,29H,7-8,13-16H2,1-2H3,(H,27,30)/t23-/m1/s1. The zero-order valence-corrected chi connectivity index (χ0v) is 18.9. The lowest BCUT2D eigenvalue weighted by molar-refractivity contribution is -0.135. The van der Waals surface area contributed by atoms with Gasteiger partial charge in [0.05, 0.1) is 10.6 Å². The van der Waals surface area contributed by atoms with Gasteiger partial charge in [-0.2, -0.15) is 0 Å². The first-order chi connectivity index (χ1) is 14.8. The fraction of sp³-hybridized carbons (Fsp3) is 0.440. The molecule has 0 aromatic heterocycles. The summed E-state index contributed by atoms with van der Waals surface area (Å²) >= 11 is 6.14. The summed E-state index contributed by atoms with van der Waals surface area (Å²) in [5.74, 6) is 0.505. The van der Waals surface area contributed by atoms with Crippen molar-refractivity contribution in [1.82, 2.24) is 10.2 Å². The number of nitrogens with zero attached hydrogens (tertiary/aromatic N) is 1. The summed E-state index contributed by atoms with van der Waals surface area (Å²) in [5.41, 5.74) is 1.61. The number of benzene rings is 2. The quantitative estimate of drug-likeness (QED) is 0.654. The number of hydrogen-bond acceptors (Lipinski definition) is 3. The van der Waals surface area contributed by atoms with Crippen LogP contribution in [0.1, 0.15) is 49.0 Å². The largest absolute Gasteiger partial charge is 0.508 e. The minimum Gasteiger partial charge on any atom is -0.508 e. The van der Waals surface area contributed by atoms with Crippen LogP contribution in [0.4, 0.5) is 0 Å². The Morgan fingerprint density at radius 2 is 1.74 bits per heavy atom. The number of phenolic OH excluding ortho intramolecular Hbond substituents is 1. The van der Waals surface area contributed by atoms with Gasteiger partial charge in [-0.05, 0) is 67.3 Å². The molecule has 0 radical (unpaired) electrons. The predicted molar refractivity (Wildman–Crippen MR) is 123 cm³/mol. The van der Waals surface area contributed by atoms with Crippen LogP contribution in [0.3, 0.4) is 0 Å². The fourth-order valence-electron chi connectivity index (χ4n) is 4.05. The number of nitrogens with one attached hydrogen (secondary N) is 1. The molecule has 2 aromatic carbocycles. The van der Waals surface area contributed by atoms with Crippen LogP contribution in [0.15, 0.2) is 48.5 Å². The van der Waals surface area contributed by atoms with Crippen LogP contribution < -0.4 is 5.32 Å². The number of likely N-dealkylation sites (tertiary alicyclic amines) is 1. The van der Waals surface area contributed by atoms with Gasteiger partial charge >= 0.3 is 0 Å². The lowest BCUT2D eigenvalue weighted by atomic mass is 9.90. The minimum atomic E-state index is -0.572. The Bertz CT molecular complexity index is 890. The first kappa shape index (κ1) is 23.1. The highest BCUT2D eigenvalue weighted by atomic mass is 35.5. The van der Waals surface area contributed by atoms with E-state index < -0.39 is 6.04 Å².